The number of rotatable bonds is 6. The van der Waals surface area contributed by atoms with Crippen LogP contribution in [0.25, 0.3) is 17.0 Å². The minimum absolute atomic E-state index is 0.135. The van der Waals surface area contributed by atoms with Gasteiger partial charge >= 0.3 is 0 Å². The number of ether oxygens (including phenoxy) is 1. The van der Waals surface area contributed by atoms with Crippen molar-refractivity contribution in [3.05, 3.63) is 42.2 Å². The number of halogens is 5. The van der Waals surface area contributed by atoms with E-state index in [-0.39, 0.29) is 36.0 Å². The highest BCUT2D eigenvalue weighted by molar-refractivity contribution is 5.63. The fraction of sp³-hybridized carbons (Fsp3) is 0.333. The van der Waals surface area contributed by atoms with Crippen LogP contribution in [0.15, 0.2) is 30.6 Å². The van der Waals surface area contributed by atoms with Crippen LogP contribution in [-0.2, 0) is 0 Å². The van der Waals surface area contributed by atoms with Crippen molar-refractivity contribution in [3.8, 4) is 17.1 Å². The zero-order valence-electron chi connectivity index (χ0n) is 14.9. The fourth-order valence-electron chi connectivity index (χ4n) is 3.10. The van der Waals surface area contributed by atoms with Crippen molar-refractivity contribution in [2.45, 2.75) is 18.6 Å². The van der Waals surface area contributed by atoms with E-state index in [0.29, 0.717) is 11.7 Å². The number of hydrogen-bond donors (Lipinski definition) is 2. The summed E-state index contributed by atoms with van der Waals surface area (Å²) >= 11 is 0. The van der Waals surface area contributed by atoms with Crippen molar-refractivity contribution < 1.29 is 26.7 Å². The van der Waals surface area contributed by atoms with Crippen LogP contribution in [0.2, 0.25) is 0 Å². The Labute approximate surface area is 161 Å². The summed E-state index contributed by atoms with van der Waals surface area (Å²) in [5.74, 6) is -1.96. The molecule has 4 rings (SSSR count). The van der Waals surface area contributed by atoms with Crippen LogP contribution in [0.1, 0.15) is 0 Å². The van der Waals surface area contributed by atoms with Crippen molar-refractivity contribution in [2.75, 3.05) is 25.0 Å². The standard InChI is InChI=1S/C18H16F5N5O/c19-10-4-11(20)18(26-13-6-24-5-12(13)21)27-17(10)14-7-25-16-3-9(1-2-28(14)16)29-8-15(22)23/h1-4,7,12-13,15,24H,5-6,8H2,(H,26,27)/t12-,13-/m0/s1. The maximum atomic E-state index is 14.4. The molecule has 154 valence electrons. The molecule has 0 amide bonds. The van der Waals surface area contributed by atoms with Crippen LogP contribution in [0.3, 0.4) is 0 Å². The van der Waals surface area contributed by atoms with Crippen molar-refractivity contribution in [1.82, 2.24) is 19.7 Å². The number of hydrogen-bond acceptors (Lipinski definition) is 5. The second-order valence-electron chi connectivity index (χ2n) is 6.51. The average molecular weight is 413 g/mol. The van der Waals surface area contributed by atoms with E-state index in [4.69, 9.17) is 4.74 Å². The first-order chi connectivity index (χ1) is 13.9. The molecule has 1 fully saturated rings. The normalized spacial score (nSPS) is 19.2. The third-order valence-electron chi connectivity index (χ3n) is 4.50. The highest BCUT2D eigenvalue weighted by Gasteiger charge is 2.28. The lowest BCUT2D eigenvalue weighted by Gasteiger charge is -2.16. The zero-order chi connectivity index (χ0) is 20.5. The molecule has 1 saturated heterocycles. The number of pyridine rings is 2. The van der Waals surface area contributed by atoms with E-state index in [1.165, 1.54) is 28.9 Å². The molecule has 4 heterocycles. The topological polar surface area (TPSA) is 63.5 Å². The van der Waals surface area contributed by atoms with Gasteiger partial charge in [-0.2, -0.15) is 0 Å². The predicted molar refractivity (Wildman–Crippen MR) is 95.0 cm³/mol. The first-order valence-electron chi connectivity index (χ1n) is 8.78. The van der Waals surface area contributed by atoms with E-state index in [9.17, 15) is 22.0 Å². The van der Waals surface area contributed by atoms with E-state index in [1.807, 2.05) is 0 Å². The summed E-state index contributed by atoms with van der Waals surface area (Å²) in [7, 11) is 0. The summed E-state index contributed by atoms with van der Waals surface area (Å²) in [6.07, 6.45) is -1.08. The van der Waals surface area contributed by atoms with Gasteiger partial charge in [0.25, 0.3) is 6.43 Å². The SMILES string of the molecule is Fc1cc(F)c(-c2cnc3cc(OCC(F)F)ccn23)nc1N[C@H]1CNC[C@@H]1F. The maximum absolute atomic E-state index is 14.4. The molecule has 6 nitrogen and oxygen atoms in total. The molecule has 2 atom stereocenters. The van der Waals surface area contributed by atoms with Crippen LogP contribution in [0.4, 0.5) is 27.8 Å². The largest absolute Gasteiger partial charge is 0.487 e. The van der Waals surface area contributed by atoms with E-state index >= 15 is 0 Å². The van der Waals surface area contributed by atoms with Gasteiger partial charge in [-0.25, -0.2) is 31.9 Å². The van der Waals surface area contributed by atoms with Crippen LogP contribution in [0, 0.1) is 11.6 Å². The molecule has 2 N–H and O–H groups in total. The summed E-state index contributed by atoms with van der Waals surface area (Å²) in [6, 6.07) is 2.80. The first kappa shape index (κ1) is 19.4. The zero-order valence-corrected chi connectivity index (χ0v) is 14.9. The van der Waals surface area contributed by atoms with Gasteiger partial charge < -0.3 is 15.4 Å². The summed E-state index contributed by atoms with van der Waals surface area (Å²) in [5, 5.41) is 5.49. The monoisotopic (exact) mass is 413 g/mol. The number of anilines is 1. The lowest BCUT2D eigenvalue weighted by molar-refractivity contribution is 0.0819. The quantitative estimate of drug-likeness (QED) is 0.609. The smallest absolute Gasteiger partial charge is 0.272 e. The number of fused-ring (bicyclic) bond motifs is 1. The number of alkyl halides is 3. The predicted octanol–water partition coefficient (Wildman–Crippen LogP) is 3.04. The Morgan fingerprint density at radius 1 is 1.24 bits per heavy atom. The van der Waals surface area contributed by atoms with Crippen LogP contribution in [0.5, 0.6) is 5.75 Å². The molecule has 0 unspecified atom stereocenters. The van der Waals surface area contributed by atoms with Crippen LogP contribution >= 0.6 is 0 Å². The Kier molecular flexibility index (Phi) is 5.22. The minimum atomic E-state index is -2.62. The van der Waals surface area contributed by atoms with Gasteiger partial charge in [0, 0.05) is 31.4 Å². The Morgan fingerprint density at radius 2 is 2.07 bits per heavy atom. The van der Waals surface area contributed by atoms with E-state index < -0.39 is 36.9 Å². The molecule has 0 bridgehead atoms. The van der Waals surface area contributed by atoms with Gasteiger partial charge in [-0.15, -0.1) is 0 Å². The highest BCUT2D eigenvalue weighted by Crippen LogP contribution is 2.27. The molecule has 0 spiro atoms. The van der Waals surface area contributed by atoms with E-state index in [2.05, 4.69) is 20.6 Å². The molecule has 3 aromatic heterocycles. The minimum Gasteiger partial charge on any atom is -0.487 e. The van der Waals surface area contributed by atoms with Crippen molar-refractivity contribution in [2.24, 2.45) is 0 Å². The van der Waals surface area contributed by atoms with Crippen LogP contribution in [-0.4, -0.2) is 52.7 Å². The molecule has 29 heavy (non-hydrogen) atoms. The molecule has 0 saturated carbocycles. The van der Waals surface area contributed by atoms with Gasteiger partial charge in [0.05, 0.1) is 17.9 Å². The van der Waals surface area contributed by atoms with Gasteiger partial charge in [0.15, 0.2) is 17.5 Å². The second kappa shape index (κ2) is 7.82. The first-order valence-corrected chi connectivity index (χ1v) is 8.78. The molecule has 1 aliphatic heterocycles. The van der Waals surface area contributed by atoms with Gasteiger partial charge in [-0.1, -0.05) is 0 Å². The van der Waals surface area contributed by atoms with Gasteiger partial charge in [-0.05, 0) is 6.07 Å². The summed E-state index contributed by atoms with van der Waals surface area (Å²) in [6.45, 7) is -0.346. The van der Waals surface area contributed by atoms with Gasteiger partial charge in [0.2, 0.25) is 0 Å². The maximum Gasteiger partial charge on any atom is 0.272 e. The Morgan fingerprint density at radius 3 is 2.79 bits per heavy atom. The summed E-state index contributed by atoms with van der Waals surface area (Å²) in [4.78, 5) is 8.09. The highest BCUT2D eigenvalue weighted by atomic mass is 19.3. The molecule has 3 aromatic rings. The summed E-state index contributed by atoms with van der Waals surface area (Å²) < 4.78 is 73.4. The molecule has 0 aliphatic carbocycles. The molecular weight excluding hydrogens is 397 g/mol. The number of imidazole rings is 1. The number of nitrogens with zero attached hydrogens (tertiary/aromatic N) is 3. The third kappa shape index (κ3) is 3.95. The van der Waals surface area contributed by atoms with Crippen molar-refractivity contribution in [3.63, 3.8) is 0 Å². The molecular formula is C18H16F5N5O. The molecule has 0 radical (unpaired) electrons. The van der Waals surface area contributed by atoms with Gasteiger partial charge in [-0.3, -0.25) is 4.40 Å². The van der Waals surface area contributed by atoms with Crippen molar-refractivity contribution in [1.29, 1.82) is 0 Å². The number of aromatic nitrogens is 3. The lowest BCUT2D eigenvalue weighted by atomic mass is 10.2. The third-order valence-corrected chi connectivity index (χ3v) is 4.50. The lowest BCUT2D eigenvalue weighted by Crippen LogP contribution is -2.30. The van der Waals surface area contributed by atoms with Gasteiger partial charge in [0.1, 0.15) is 29.9 Å². The van der Waals surface area contributed by atoms with Crippen LogP contribution < -0.4 is 15.4 Å². The Balaban J connectivity index is 1.66. The Bertz CT molecular complexity index is 1030. The average Bonchev–Trinajstić information content (AvgIpc) is 3.28. The molecule has 0 aromatic carbocycles. The van der Waals surface area contributed by atoms with E-state index in [0.717, 1.165) is 0 Å². The Hall–Kier alpha value is -2.95. The summed E-state index contributed by atoms with van der Waals surface area (Å²) in [5.41, 5.74) is 0.321. The van der Waals surface area contributed by atoms with E-state index in [1.54, 1.807) is 0 Å². The molecule has 1 aliphatic rings. The second-order valence-corrected chi connectivity index (χ2v) is 6.51. The van der Waals surface area contributed by atoms with Crippen molar-refractivity contribution >= 4 is 11.5 Å². The molecule has 11 heteroatoms. The number of nitrogens with one attached hydrogen (secondary N) is 2. The fourth-order valence-corrected chi connectivity index (χ4v) is 3.10.